The Bertz CT molecular complexity index is 606. The molecule has 0 aliphatic carbocycles. The van der Waals surface area contributed by atoms with Gasteiger partial charge in [0.2, 0.25) is 0 Å². The van der Waals surface area contributed by atoms with Gasteiger partial charge in [-0.05, 0) is 26.0 Å². The smallest absolute Gasteiger partial charge is 0.131 e. The van der Waals surface area contributed by atoms with E-state index in [2.05, 4.69) is 61.4 Å². The Morgan fingerprint density at radius 1 is 1.05 bits per heavy atom. The van der Waals surface area contributed by atoms with Crippen LogP contribution in [0.15, 0.2) is 24.3 Å². The normalized spacial score (nSPS) is 11.4. The second kappa shape index (κ2) is 5.80. The Morgan fingerprint density at radius 2 is 1.62 bits per heavy atom. The molecular formula is C17H26N4. The number of hydrogen-bond acceptors (Lipinski definition) is 3. The molecule has 0 aliphatic heterocycles. The molecule has 1 aromatic carbocycles. The summed E-state index contributed by atoms with van der Waals surface area (Å²) in [6.07, 6.45) is 0. The van der Waals surface area contributed by atoms with E-state index in [-0.39, 0.29) is 0 Å². The number of aromatic nitrogens is 2. The number of nitrogens with zero attached hydrogens (tertiary/aromatic N) is 3. The fourth-order valence-electron chi connectivity index (χ4n) is 2.54. The lowest BCUT2D eigenvalue weighted by atomic mass is 10.1. The molecule has 114 valence electrons. The van der Waals surface area contributed by atoms with Crippen LogP contribution in [-0.2, 0) is 0 Å². The van der Waals surface area contributed by atoms with Gasteiger partial charge in [0.15, 0.2) is 0 Å². The Labute approximate surface area is 127 Å². The molecule has 21 heavy (non-hydrogen) atoms. The van der Waals surface area contributed by atoms with E-state index in [1.54, 1.807) is 0 Å². The summed E-state index contributed by atoms with van der Waals surface area (Å²) in [4.78, 5) is 6.88. The summed E-state index contributed by atoms with van der Waals surface area (Å²) >= 11 is 0. The van der Waals surface area contributed by atoms with Crippen LogP contribution >= 0.6 is 0 Å². The Hall–Kier alpha value is -1.97. The molecule has 2 rings (SSSR count). The summed E-state index contributed by atoms with van der Waals surface area (Å²) in [5, 5.41) is 0. The summed E-state index contributed by atoms with van der Waals surface area (Å²) in [5.41, 5.74) is 9.49. The van der Waals surface area contributed by atoms with Crippen LogP contribution in [0.5, 0.6) is 0 Å². The highest BCUT2D eigenvalue weighted by molar-refractivity contribution is 5.72. The average Bonchev–Trinajstić information content (AvgIpc) is 2.76. The van der Waals surface area contributed by atoms with E-state index in [1.807, 2.05) is 14.1 Å². The lowest BCUT2D eigenvalue weighted by molar-refractivity contribution is 0.556. The molecule has 0 bridgehead atoms. The van der Waals surface area contributed by atoms with Crippen molar-refractivity contribution in [1.29, 1.82) is 0 Å². The molecule has 0 unspecified atom stereocenters. The number of hydrogen-bond donors (Lipinski definition) is 1. The van der Waals surface area contributed by atoms with Gasteiger partial charge in [0.1, 0.15) is 17.3 Å². The maximum Gasteiger partial charge on any atom is 0.131 e. The fourth-order valence-corrected chi connectivity index (χ4v) is 2.54. The molecule has 0 spiro atoms. The molecule has 2 aromatic rings. The summed E-state index contributed by atoms with van der Waals surface area (Å²) < 4.78 is 2.14. The van der Waals surface area contributed by atoms with Crippen LogP contribution in [0.4, 0.5) is 11.5 Å². The van der Waals surface area contributed by atoms with Gasteiger partial charge < -0.3 is 15.2 Å². The highest BCUT2D eigenvalue weighted by Crippen LogP contribution is 2.32. The number of nitrogen functional groups attached to an aromatic ring is 1. The van der Waals surface area contributed by atoms with Gasteiger partial charge in [0.25, 0.3) is 0 Å². The van der Waals surface area contributed by atoms with Crippen molar-refractivity contribution in [3.8, 4) is 11.3 Å². The maximum absolute atomic E-state index is 6.36. The zero-order valence-corrected chi connectivity index (χ0v) is 13.9. The first-order valence-corrected chi connectivity index (χ1v) is 7.48. The van der Waals surface area contributed by atoms with Crippen molar-refractivity contribution in [2.24, 2.45) is 0 Å². The molecule has 2 N–H and O–H groups in total. The van der Waals surface area contributed by atoms with Crippen LogP contribution < -0.4 is 10.6 Å². The molecule has 0 saturated heterocycles. The topological polar surface area (TPSA) is 47.1 Å². The van der Waals surface area contributed by atoms with Crippen molar-refractivity contribution in [2.75, 3.05) is 24.7 Å². The zero-order chi connectivity index (χ0) is 15.7. The van der Waals surface area contributed by atoms with Crippen LogP contribution in [0.1, 0.15) is 45.5 Å². The number of imidazole rings is 1. The number of nitrogens with two attached hydrogens (primary N) is 1. The van der Waals surface area contributed by atoms with E-state index in [0.29, 0.717) is 12.0 Å². The predicted molar refractivity (Wildman–Crippen MR) is 90.9 cm³/mol. The summed E-state index contributed by atoms with van der Waals surface area (Å²) in [5.74, 6) is 2.16. The van der Waals surface area contributed by atoms with Crippen LogP contribution in [0.2, 0.25) is 0 Å². The summed E-state index contributed by atoms with van der Waals surface area (Å²) in [6.45, 7) is 8.59. The van der Waals surface area contributed by atoms with Crippen molar-refractivity contribution in [2.45, 2.75) is 39.7 Å². The standard InChI is InChI=1S/C17H26N4/c1-11(2)17-19-15(16(18)21(17)12(3)4)13-7-9-14(10-8-13)20(5)6/h7-12H,18H2,1-6H3. The lowest BCUT2D eigenvalue weighted by Crippen LogP contribution is -2.10. The molecule has 4 nitrogen and oxygen atoms in total. The zero-order valence-electron chi connectivity index (χ0n) is 13.9. The number of rotatable bonds is 4. The molecule has 0 fully saturated rings. The van der Waals surface area contributed by atoms with Gasteiger partial charge in [-0.25, -0.2) is 4.98 Å². The monoisotopic (exact) mass is 286 g/mol. The number of anilines is 2. The van der Waals surface area contributed by atoms with E-state index in [0.717, 1.165) is 22.9 Å². The van der Waals surface area contributed by atoms with Crippen LogP contribution in [-0.4, -0.2) is 23.6 Å². The summed E-state index contributed by atoms with van der Waals surface area (Å²) in [7, 11) is 4.07. The molecule has 1 heterocycles. The second-order valence-corrected chi connectivity index (χ2v) is 6.26. The van der Waals surface area contributed by atoms with E-state index in [4.69, 9.17) is 10.7 Å². The Morgan fingerprint density at radius 3 is 2.00 bits per heavy atom. The number of benzene rings is 1. The van der Waals surface area contributed by atoms with Crippen molar-refractivity contribution in [3.05, 3.63) is 30.1 Å². The lowest BCUT2D eigenvalue weighted by Gasteiger charge is -2.15. The van der Waals surface area contributed by atoms with Gasteiger partial charge in [-0.15, -0.1) is 0 Å². The molecule has 0 radical (unpaired) electrons. The largest absolute Gasteiger partial charge is 0.383 e. The third-order valence-corrected chi connectivity index (χ3v) is 3.67. The molecule has 0 aliphatic rings. The minimum Gasteiger partial charge on any atom is -0.383 e. The molecule has 0 atom stereocenters. The minimum atomic E-state index is 0.310. The quantitative estimate of drug-likeness (QED) is 0.927. The minimum absolute atomic E-state index is 0.310. The van der Waals surface area contributed by atoms with Gasteiger partial charge in [-0.1, -0.05) is 26.0 Å². The highest BCUT2D eigenvalue weighted by atomic mass is 15.2. The molecule has 4 heteroatoms. The van der Waals surface area contributed by atoms with Crippen molar-refractivity contribution in [1.82, 2.24) is 9.55 Å². The first-order chi connectivity index (χ1) is 9.82. The SMILES string of the molecule is CC(C)c1nc(-c2ccc(N(C)C)cc2)c(N)n1C(C)C. The van der Waals surface area contributed by atoms with Gasteiger partial charge in [0.05, 0.1) is 0 Å². The van der Waals surface area contributed by atoms with Gasteiger partial charge in [0, 0.05) is 37.3 Å². The van der Waals surface area contributed by atoms with E-state index in [1.165, 1.54) is 5.69 Å². The van der Waals surface area contributed by atoms with Crippen molar-refractivity contribution >= 4 is 11.5 Å². The summed E-state index contributed by atoms with van der Waals surface area (Å²) in [6, 6.07) is 8.67. The van der Waals surface area contributed by atoms with Crippen LogP contribution in [0.25, 0.3) is 11.3 Å². The molecular weight excluding hydrogens is 260 g/mol. The molecule has 1 aromatic heterocycles. The van der Waals surface area contributed by atoms with Crippen LogP contribution in [0, 0.1) is 0 Å². The maximum atomic E-state index is 6.36. The third-order valence-electron chi connectivity index (χ3n) is 3.67. The average molecular weight is 286 g/mol. The molecule has 0 saturated carbocycles. The van der Waals surface area contributed by atoms with Crippen molar-refractivity contribution < 1.29 is 0 Å². The van der Waals surface area contributed by atoms with Gasteiger partial charge in [-0.3, -0.25) is 0 Å². The highest BCUT2D eigenvalue weighted by Gasteiger charge is 2.19. The second-order valence-electron chi connectivity index (χ2n) is 6.26. The van der Waals surface area contributed by atoms with Crippen molar-refractivity contribution in [3.63, 3.8) is 0 Å². The first-order valence-electron chi connectivity index (χ1n) is 7.48. The Kier molecular flexibility index (Phi) is 4.26. The predicted octanol–water partition coefficient (Wildman–Crippen LogP) is 3.90. The van der Waals surface area contributed by atoms with Gasteiger partial charge in [-0.2, -0.15) is 0 Å². The van der Waals surface area contributed by atoms with E-state index in [9.17, 15) is 0 Å². The third kappa shape index (κ3) is 2.89. The van der Waals surface area contributed by atoms with Gasteiger partial charge >= 0.3 is 0 Å². The van der Waals surface area contributed by atoms with E-state index >= 15 is 0 Å². The van der Waals surface area contributed by atoms with E-state index < -0.39 is 0 Å². The fraction of sp³-hybridized carbons (Fsp3) is 0.471. The first kappa shape index (κ1) is 15.4. The molecule has 0 amide bonds. The van der Waals surface area contributed by atoms with Crippen LogP contribution in [0.3, 0.4) is 0 Å². The Balaban J connectivity index is 2.51.